The van der Waals surface area contributed by atoms with Gasteiger partial charge < -0.3 is 37.9 Å². The highest BCUT2D eigenvalue weighted by molar-refractivity contribution is 9.10. The van der Waals surface area contributed by atoms with Gasteiger partial charge >= 0.3 is 5.97 Å². The molecule has 1 aromatic rings. The number of carbonyl (C=O) groups excluding carboxylic acids is 1. The molecule has 0 atom stereocenters. The monoisotopic (exact) mass is 551 g/mol. The van der Waals surface area contributed by atoms with Crippen LogP contribution < -0.4 is 4.74 Å². The zero-order valence-electron chi connectivity index (χ0n) is 20.4. The van der Waals surface area contributed by atoms with Crippen molar-refractivity contribution in [2.75, 3.05) is 85.9 Å². The van der Waals surface area contributed by atoms with Crippen LogP contribution in [0.25, 0.3) is 0 Å². The third-order valence-corrected chi connectivity index (χ3v) is 4.17. The number of halogens is 1. The summed E-state index contributed by atoms with van der Waals surface area (Å²) in [5.41, 5.74) is -0.504. The first-order valence-electron chi connectivity index (χ1n) is 11.3. The first-order chi connectivity index (χ1) is 16.4. The van der Waals surface area contributed by atoms with E-state index in [9.17, 15) is 4.79 Å². The Kier molecular flexibility index (Phi) is 18.0. The minimum absolute atomic E-state index is 0.0781. The third kappa shape index (κ3) is 20.1. The SMILES string of the molecule is CC(C)(C)OC(=O)COCCOCCOCCOCCOCCOCCOc1cc(Br)ccn1. The molecule has 0 amide bonds. The summed E-state index contributed by atoms with van der Waals surface area (Å²) in [7, 11) is 0. The molecule has 0 spiro atoms. The average molecular weight is 552 g/mol. The van der Waals surface area contributed by atoms with Crippen LogP contribution in [-0.4, -0.2) is 102 Å². The zero-order valence-corrected chi connectivity index (χ0v) is 22.0. The van der Waals surface area contributed by atoms with Gasteiger partial charge in [-0.05, 0) is 26.8 Å². The smallest absolute Gasteiger partial charge is 0.332 e. The lowest BCUT2D eigenvalue weighted by molar-refractivity contribution is -0.160. The van der Waals surface area contributed by atoms with E-state index in [1.807, 2.05) is 26.8 Å². The first kappa shape index (κ1) is 30.7. The Morgan fingerprint density at radius 3 is 1.65 bits per heavy atom. The standard InChI is InChI=1S/C23H38BrNO9/c1-23(2,3)34-22(26)19-32-15-14-30-11-10-28-7-6-27-8-9-29-12-13-31-16-17-33-21-18-20(24)4-5-25-21/h4-5,18H,6-17,19H2,1-3H3. The van der Waals surface area contributed by atoms with Crippen LogP contribution in [0, 0.1) is 0 Å². The summed E-state index contributed by atoms with van der Waals surface area (Å²) >= 11 is 3.36. The van der Waals surface area contributed by atoms with Gasteiger partial charge in [0.15, 0.2) is 0 Å². The van der Waals surface area contributed by atoms with Crippen LogP contribution in [0.15, 0.2) is 22.8 Å². The fraction of sp³-hybridized carbons (Fsp3) is 0.739. The summed E-state index contributed by atoms with van der Waals surface area (Å²) in [4.78, 5) is 15.5. The molecule has 1 heterocycles. The van der Waals surface area contributed by atoms with Gasteiger partial charge in [-0.15, -0.1) is 0 Å². The van der Waals surface area contributed by atoms with E-state index in [0.717, 1.165) is 4.47 Å². The number of hydrogen-bond acceptors (Lipinski definition) is 10. The molecule has 0 aliphatic carbocycles. The number of rotatable bonds is 21. The van der Waals surface area contributed by atoms with E-state index in [1.54, 1.807) is 12.3 Å². The molecule has 34 heavy (non-hydrogen) atoms. The predicted molar refractivity (Wildman–Crippen MR) is 128 cm³/mol. The van der Waals surface area contributed by atoms with Crippen molar-refractivity contribution in [3.05, 3.63) is 22.8 Å². The Morgan fingerprint density at radius 1 is 0.765 bits per heavy atom. The number of carbonyl (C=O) groups is 1. The molecule has 1 aromatic heterocycles. The Morgan fingerprint density at radius 2 is 1.21 bits per heavy atom. The molecular weight excluding hydrogens is 514 g/mol. The van der Waals surface area contributed by atoms with Crippen LogP contribution in [0.2, 0.25) is 0 Å². The average Bonchev–Trinajstić information content (AvgIpc) is 2.76. The van der Waals surface area contributed by atoms with Crippen LogP contribution in [0.3, 0.4) is 0 Å². The second kappa shape index (κ2) is 19.9. The Bertz CT molecular complexity index is 643. The largest absolute Gasteiger partial charge is 0.475 e. The number of nitrogens with zero attached hydrogens (tertiary/aromatic N) is 1. The highest BCUT2D eigenvalue weighted by Gasteiger charge is 2.15. The second-order valence-electron chi connectivity index (χ2n) is 7.86. The molecule has 0 fully saturated rings. The van der Waals surface area contributed by atoms with Crippen LogP contribution >= 0.6 is 15.9 Å². The van der Waals surface area contributed by atoms with Crippen molar-refractivity contribution in [1.29, 1.82) is 0 Å². The molecular formula is C23H38BrNO9. The number of esters is 1. The van der Waals surface area contributed by atoms with Gasteiger partial charge in [-0.25, -0.2) is 9.78 Å². The fourth-order valence-corrected chi connectivity index (χ4v) is 2.61. The van der Waals surface area contributed by atoms with Gasteiger partial charge in [-0.2, -0.15) is 0 Å². The molecule has 0 bridgehead atoms. The van der Waals surface area contributed by atoms with Crippen molar-refractivity contribution in [1.82, 2.24) is 4.98 Å². The maximum atomic E-state index is 11.5. The molecule has 0 radical (unpaired) electrons. The molecule has 0 aliphatic heterocycles. The number of aromatic nitrogens is 1. The lowest BCUT2D eigenvalue weighted by atomic mass is 10.2. The lowest BCUT2D eigenvalue weighted by Gasteiger charge is -2.19. The van der Waals surface area contributed by atoms with E-state index in [-0.39, 0.29) is 12.6 Å². The maximum absolute atomic E-state index is 11.5. The van der Waals surface area contributed by atoms with Gasteiger partial charge in [0.05, 0.1) is 72.7 Å². The Hall–Kier alpha value is -1.34. The van der Waals surface area contributed by atoms with E-state index in [4.69, 9.17) is 37.9 Å². The highest BCUT2D eigenvalue weighted by Crippen LogP contribution is 2.14. The van der Waals surface area contributed by atoms with E-state index >= 15 is 0 Å². The molecule has 0 saturated carbocycles. The van der Waals surface area contributed by atoms with Crippen LogP contribution in [0.4, 0.5) is 0 Å². The van der Waals surface area contributed by atoms with Crippen molar-refractivity contribution >= 4 is 21.9 Å². The van der Waals surface area contributed by atoms with Crippen molar-refractivity contribution in [2.45, 2.75) is 26.4 Å². The van der Waals surface area contributed by atoms with Gasteiger partial charge in [0, 0.05) is 16.7 Å². The van der Waals surface area contributed by atoms with Crippen LogP contribution in [0.5, 0.6) is 5.88 Å². The molecule has 196 valence electrons. The zero-order chi connectivity index (χ0) is 24.9. The molecule has 0 aliphatic rings. The van der Waals surface area contributed by atoms with Gasteiger partial charge in [-0.1, -0.05) is 15.9 Å². The van der Waals surface area contributed by atoms with E-state index in [0.29, 0.717) is 85.2 Å². The van der Waals surface area contributed by atoms with E-state index in [2.05, 4.69) is 20.9 Å². The lowest BCUT2D eigenvalue weighted by Crippen LogP contribution is -2.27. The van der Waals surface area contributed by atoms with Crippen LogP contribution in [0.1, 0.15) is 20.8 Å². The fourth-order valence-electron chi connectivity index (χ4n) is 2.30. The van der Waals surface area contributed by atoms with Crippen molar-refractivity contribution in [3.63, 3.8) is 0 Å². The molecule has 1 rings (SSSR count). The molecule has 0 N–H and O–H groups in total. The minimum atomic E-state index is -0.504. The van der Waals surface area contributed by atoms with Crippen LogP contribution in [-0.2, 0) is 38.0 Å². The summed E-state index contributed by atoms with van der Waals surface area (Å²) in [5.74, 6) is 0.176. The normalized spacial score (nSPS) is 11.5. The number of hydrogen-bond donors (Lipinski definition) is 0. The van der Waals surface area contributed by atoms with Gasteiger partial charge in [0.2, 0.25) is 5.88 Å². The highest BCUT2D eigenvalue weighted by atomic mass is 79.9. The number of pyridine rings is 1. The van der Waals surface area contributed by atoms with Crippen molar-refractivity contribution in [3.8, 4) is 5.88 Å². The van der Waals surface area contributed by atoms with Gasteiger partial charge in [0.1, 0.15) is 18.8 Å². The summed E-state index contributed by atoms with van der Waals surface area (Å²) in [5, 5.41) is 0. The van der Waals surface area contributed by atoms with Gasteiger partial charge in [-0.3, -0.25) is 0 Å². The molecule has 0 saturated heterocycles. The summed E-state index contributed by atoms with van der Waals surface area (Å²) in [6.07, 6.45) is 1.67. The van der Waals surface area contributed by atoms with Gasteiger partial charge in [0.25, 0.3) is 0 Å². The topological polar surface area (TPSA) is 104 Å². The maximum Gasteiger partial charge on any atom is 0.332 e. The molecule has 0 unspecified atom stereocenters. The predicted octanol–water partition coefficient (Wildman–Crippen LogP) is 2.66. The minimum Gasteiger partial charge on any atom is -0.475 e. The summed E-state index contributed by atoms with van der Waals surface area (Å²) in [6.45, 7) is 10.8. The first-order valence-corrected chi connectivity index (χ1v) is 12.1. The van der Waals surface area contributed by atoms with E-state index in [1.165, 1.54) is 0 Å². The quantitative estimate of drug-likeness (QED) is 0.167. The Labute approximate surface area is 210 Å². The number of ether oxygens (including phenoxy) is 8. The molecule has 10 nitrogen and oxygen atoms in total. The molecule has 11 heteroatoms. The molecule has 0 aromatic carbocycles. The van der Waals surface area contributed by atoms with E-state index < -0.39 is 5.60 Å². The summed E-state index contributed by atoms with van der Waals surface area (Å²) in [6, 6.07) is 3.64. The summed E-state index contributed by atoms with van der Waals surface area (Å²) < 4.78 is 43.8. The van der Waals surface area contributed by atoms with Crippen molar-refractivity contribution in [2.24, 2.45) is 0 Å². The Balaban J connectivity index is 1.72. The third-order valence-electron chi connectivity index (χ3n) is 3.67. The second-order valence-corrected chi connectivity index (χ2v) is 8.78. The van der Waals surface area contributed by atoms with Crippen molar-refractivity contribution < 1.29 is 42.7 Å².